The van der Waals surface area contributed by atoms with Gasteiger partial charge in [-0.3, -0.25) is 4.99 Å². The van der Waals surface area contributed by atoms with E-state index in [1.807, 2.05) is 17.1 Å². The monoisotopic (exact) mass is 221 g/mol. The lowest BCUT2D eigenvalue weighted by molar-refractivity contribution is 0.698. The Bertz CT molecular complexity index is 326. The van der Waals surface area contributed by atoms with Gasteiger partial charge in [0.15, 0.2) is 5.96 Å². The number of nitrogens with zero attached hydrogens (tertiary/aromatic N) is 3. The number of hydrogen-bond donors (Lipinski definition) is 2. The highest BCUT2D eigenvalue weighted by molar-refractivity contribution is 5.80. The maximum Gasteiger partial charge on any atom is 0.191 e. The number of imidazole rings is 1. The number of aliphatic imine (C=N–C) groups is 1. The first-order valence-corrected chi connectivity index (χ1v) is 5.89. The molecule has 0 bridgehead atoms. The van der Waals surface area contributed by atoms with Crippen LogP contribution in [0.5, 0.6) is 0 Å². The van der Waals surface area contributed by atoms with Gasteiger partial charge in [-0.05, 0) is 19.8 Å². The van der Waals surface area contributed by atoms with Crippen LogP contribution in [0.2, 0.25) is 0 Å². The summed E-state index contributed by atoms with van der Waals surface area (Å²) < 4.78 is 2.03. The highest BCUT2D eigenvalue weighted by Crippen LogP contribution is 2.18. The van der Waals surface area contributed by atoms with Crippen molar-refractivity contribution < 1.29 is 0 Å². The van der Waals surface area contributed by atoms with Gasteiger partial charge < -0.3 is 15.2 Å². The van der Waals surface area contributed by atoms with E-state index in [9.17, 15) is 0 Å². The van der Waals surface area contributed by atoms with Gasteiger partial charge in [0.05, 0.1) is 12.9 Å². The molecule has 88 valence electrons. The first-order chi connectivity index (χ1) is 7.88. The average Bonchev–Trinajstić information content (AvgIpc) is 2.93. The van der Waals surface area contributed by atoms with Gasteiger partial charge in [0.1, 0.15) is 0 Å². The molecule has 1 aromatic heterocycles. The second-order valence-electron chi connectivity index (χ2n) is 3.98. The minimum absolute atomic E-state index is 0.644. The molecule has 1 aromatic rings. The van der Waals surface area contributed by atoms with Crippen LogP contribution in [-0.2, 0) is 6.54 Å². The van der Waals surface area contributed by atoms with Gasteiger partial charge in [0.2, 0.25) is 0 Å². The zero-order chi connectivity index (χ0) is 11.2. The highest BCUT2D eigenvalue weighted by Gasteiger charge is 2.21. The lowest BCUT2D eigenvalue weighted by atomic mass is 10.6. The van der Waals surface area contributed by atoms with Crippen LogP contribution in [-0.4, -0.2) is 34.6 Å². The summed E-state index contributed by atoms with van der Waals surface area (Å²) in [6, 6.07) is 0.644. The van der Waals surface area contributed by atoms with Gasteiger partial charge in [-0.15, -0.1) is 0 Å². The fourth-order valence-electron chi connectivity index (χ4n) is 1.44. The lowest BCUT2D eigenvalue weighted by Crippen LogP contribution is -2.38. The second kappa shape index (κ2) is 5.53. The smallest absolute Gasteiger partial charge is 0.191 e. The normalized spacial score (nSPS) is 16.2. The zero-order valence-electron chi connectivity index (χ0n) is 9.69. The molecule has 16 heavy (non-hydrogen) atoms. The van der Waals surface area contributed by atoms with Crippen molar-refractivity contribution in [2.24, 2.45) is 4.99 Å². The summed E-state index contributed by atoms with van der Waals surface area (Å²) in [5.74, 6) is 0.935. The number of hydrogen-bond acceptors (Lipinski definition) is 2. The molecule has 5 heteroatoms. The topological polar surface area (TPSA) is 54.2 Å². The van der Waals surface area contributed by atoms with Crippen LogP contribution in [0.25, 0.3) is 0 Å². The third kappa shape index (κ3) is 3.56. The summed E-state index contributed by atoms with van der Waals surface area (Å²) in [5, 5.41) is 6.63. The number of rotatable bonds is 5. The Hall–Kier alpha value is -1.52. The average molecular weight is 221 g/mol. The fraction of sp³-hybridized carbons (Fsp3) is 0.636. The van der Waals surface area contributed by atoms with E-state index in [0.717, 1.165) is 25.6 Å². The van der Waals surface area contributed by atoms with Gasteiger partial charge in [-0.25, -0.2) is 4.98 Å². The largest absolute Gasteiger partial charge is 0.357 e. The first kappa shape index (κ1) is 11.0. The Labute approximate surface area is 96.0 Å². The molecule has 0 unspecified atom stereocenters. The second-order valence-corrected chi connectivity index (χ2v) is 3.98. The molecule has 1 heterocycles. The third-order valence-electron chi connectivity index (χ3n) is 2.45. The lowest BCUT2D eigenvalue weighted by Gasteiger charge is -2.10. The Morgan fingerprint density at radius 3 is 3.06 bits per heavy atom. The van der Waals surface area contributed by atoms with E-state index >= 15 is 0 Å². The molecular formula is C11H19N5. The molecule has 1 saturated carbocycles. The Morgan fingerprint density at radius 2 is 2.44 bits per heavy atom. The van der Waals surface area contributed by atoms with E-state index in [1.54, 1.807) is 6.20 Å². The molecule has 2 N–H and O–H groups in total. The number of nitrogens with one attached hydrogen (secondary N) is 2. The minimum atomic E-state index is 0.644. The Balaban J connectivity index is 1.76. The summed E-state index contributed by atoms with van der Waals surface area (Å²) >= 11 is 0. The number of aromatic nitrogens is 2. The molecule has 1 aliphatic carbocycles. The van der Waals surface area contributed by atoms with E-state index < -0.39 is 0 Å². The summed E-state index contributed by atoms with van der Waals surface area (Å²) in [7, 11) is 0. The predicted molar refractivity (Wildman–Crippen MR) is 64.4 cm³/mol. The van der Waals surface area contributed by atoms with Crippen molar-refractivity contribution >= 4 is 5.96 Å². The molecule has 1 aliphatic rings. The summed E-state index contributed by atoms with van der Waals surface area (Å²) in [6.45, 7) is 4.64. The molecule has 1 fully saturated rings. The van der Waals surface area contributed by atoms with Crippen molar-refractivity contribution in [3.05, 3.63) is 18.7 Å². The van der Waals surface area contributed by atoms with Crippen LogP contribution in [0, 0.1) is 0 Å². The summed E-state index contributed by atoms with van der Waals surface area (Å²) in [4.78, 5) is 8.51. The van der Waals surface area contributed by atoms with Crippen LogP contribution in [0.1, 0.15) is 19.8 Å². The molecule has 0 amide bonds. The van der Waals surface area contributed by atoms with Crippen LogP contribution in [0.3, 0.4) is 0 Å². The van der Waals surface area contributed by atoms with E-state index in [1.165, 1.54) is 12.8 Å². The van der Waals surface area contributed by atoms with Gasteiger partial charge in [-0.1, -0.05) is 0 Å². The van der Waals surface area contributed by atoms with Crippen molar-refractivity contribution in [3.8, 4) is 0 Å². The predicted octanol–water partition coefficient (Wildman–Crippen LogP) is 0.601. The fourth-order valence-corrected chi connectivity index (χ4v) is 1.44. The van der Waals surface area contributed by atoms with Crippen molar-refractivity contribution in [2.75, 3.05) is 13.1 Å². The summed E-state index contributed by atoms with van der Waals surface area (Å²) in [6.07, 6.45) is 8.10. The first-order valence-electron chi connectivity index (χ1n) is 5.89. The highest BCUT2D eigenvalue weighted by atomic mass is 15.2. The molecule has 0 spiro atoms. The van der Waals surface area contributed by atoms with Crippen LogP contribution in [0.4, 0.5) is 0 Å². The quantitative estimate of drug-likeness (QED) is 0.565. The molecule has 2 rings (SSSR count). The van der Waals surface area contributed by atoms with Crippen molar-refractivity contribution in [3.63, 3.8) is 0 Å². The molecule has 0 aromatic carbocycles. The molecule has 0 atom stereocenters. The van der Waals surface area contributed by atoms with Crippen molar-refractivity contribution in [1.82, 2.24) is 20.2 Å². The van der Waals surface area contributed by atoms with Gasteiger partial charge in [0.25, 0.3) is 0 Å². The van der Waals surface area contributed by atoms with Gasteiger partial charge >= 0.3 is 0 Å². The van der Waals surface area contributed by atoms with Gasteiger partial charge in [-0.2, -0.15) is 0 Å². The maximum absolute atomic E-state index is 4.51. The maximum atomic E-state index is 4.51. The van der Waals surface area contributed by atoms with Crippen LogP contribution in [0.15, 0.2) is 23.7 Å². The molecule has 5 nitrogen and oxygen atoms in total. The Kier molecular flexibility index (Phi) is 3.80. The number of guanidine groups is 1. The molecule has 0 aliphatic heterocycles. The SMILES string of the molecule is CCNC(=NCCn1ccnc1)NC1CC1. The van der Waals surface area contributed by atoms with Crippen molar-refractivity contribution in [1.29, 1.82) is 0 Å². The standard InChI is InChI=1S/C11H19N5/c1-2-13-11(15-10-3-4-10)14-6-8-16-7-5-12-9-16/h5,7,9-10H,2-4,6,8H2,1H3,(H2,13,14,15). The van der Waals surface area contributed by atoms with E-state index in [4.69, 9.17) is 0 Å². The molecule has 0 saturated heterocycles. The zero-order valence-corrected chi connectivity index (χ0v) is 9.69. The Morgan fingerprint density at radius 1 is 1.56 bits per heavy atom. The van der Waals surface area contributed by atoms with Gasteiger partial charge in [0, 0.05) is 31.5 Å². The van der Waals surface area contributed by atoms with Crippen LogP contribution >= 0.6 is 0 Å². The minimum Gasteiger partial charge on any atom is -0.357 e. The third-order valence-corrected chi connectivity index (χ3v) is 2.45. The van der Waals surface area contributed by atoms with E-state index in [2.05, 4.69) is 27.5 Å². The molecular weight excluding hydrogens is 202 g/mol. The summed E-state index contributed by atoms with van der Waals surface area (Å²) in [5.41, 5.74) is 0. The van der Waals surface area contributed by atoms with E-state index in [0.29, 0.717) is 6.04 Å². The van der Waals surface area contributed by atoms with E-state index in [-0.39, 0.29) is 0 Å². The molecule has 0 radical (unpaired) electrons. The van der Waals surface area contributed by atoms with Crippen LogP contribution < -0.4 is 10.6 Å². The van der Waals surface area contributed by atoms with Crippen molar-refractivity contribution in [2.45, 2.75) is 32.4 Å².